The summed E-state index contributed by atoms with van der Waals surface area (Å²) in [4.78, 5) is 27.7. The number of fused-ring (bicyclic) bond motifs is 5. The highest BCUT2D eigenvalue weighted by Gasteiger charge is 2.64. The van der Waals surface area contributed by atoms with Crippen LogP contribution < -0.4 is 0 Å². The molecule has 5 rings (SSSR count). The van der Waals surface area contributed by atoms with E-state index in [0.29, 0.717) is 6.54 Å². The van der Waals surface area contributed by atoms with E-state index in [1.807, 2.05) is 57.2 Å². The minimum atomic E-state index is -0.832. The Morgan fingerprint density at radius 3 is 2.13 bits per heavy atom. The predicted octanol–water partition coefficient (Wildman–Crippen LogP) is 3.97. The van der Waals surface area contributed by atoms with Crippen molar-refractivity contribution >= 4 is 33.6 Å². The third-order valence-corrected chi connectivity index (χ3v) is 7.97. The van der Waals surface area contributed by atoms with Crippen LogP contribution >= 0.6 is 0 Å². The number of hydrogen-bond acceptors (Lipinski definition) is 3. The average molecular weight is 405 g/mol. The van der Waals surface area contributed by atoms with Gasteiger partial charge in [0.15, 0.2) is 0 Å². The number of carbonyl (C=O) groups excluding carboxylic acids is 2. The van der Waals surface area contributed by atoms with E-state index >= 15 is 0 Å². The zero-order chi connectivity index (χ0) is 21.3. The summed E-state index contributed by atoms with van der Waals surface area (Å²) in [7, 11) is 0. The molecule has 1 N–H and O–H groups in total. The van der Waals surface area contributed by atoms with E-state index < -0.39 is 11.5 Å². The number of benzene rings is 2. The summed E-state index contributed by atoms with van der Waals surface area (Å²) in [5.74, 6) is -0.408. The lowest BCUT2D eigenvalue weighted by Gasteiger charge is -2.48. The molecule has 3 atom stereocenters. The molecule has 1 aliphatic carbocycles. The lowest BCUT2D eigenvalue weighted by Crippen LogP contribution is -2.60. The molecular formula is C25H28N2O3. The van der Waals surface area contributed by atoms with E-state index in [2.05, 4.69) is 16.7 Å². The minimum absolute atomic E-state index is 0.0423. The van der Waals surface area contributed by atoms with E-state index in [0.717, 1.165) is 34.6 Å². The van der Waals surface area contributed by atoms with Gasteiger partial charge in [0.2, 0.25) is 11.8 Å². The number of nitrogens with zero attached hydrogens (tertiary/aromatic N) is 2. The molecule has 1 saturated carbocycles. The molecule has 1 saturated heterocycles. The number of carbonyl (C=O) groups is 2. The molecule has 5 nitrogen and oxygen atoms in total. The summed E-state index contributed by atoms with van der Waals surface area (Å²) < 4.78 is 2.09. The molecule has 5 heteroatoms. The van der Waals surface area contributed by atoms with Crippen LogP contribution in [0.4, 0.5) is 0 Å². The Labute approximate surface area is 176 Å². The fourth-order valence-corrected chi connectivity index (χ4v) is 5.75. The molecular weight excluding hydrogens is 376 g/mol. The van der Waals surface area contributed by atoms with Crippen LogP contribution in [-0.4, -0.2) is 39.0 Å². The Kier molecular flexibility index (Phi) is 4.13. The highest BCUT2D eigenvalue weighted by atomic mass is 16.3. The maximum Gasteiger partial charge on any atom is 0.235 e. The van der Waals surface area contributed by atoms with Crippen LogP contribution in [0.15, 0.2) is 48.5 Å². The minimum Gasteiger partial charge on any atom is -0.389 e. The second-order valence-corrected chi connectivity index (χ2v) is 9.70. The molecule has 0 radical (unpaired) electrons. The number of hydrogen-bond donors (Lipinski definition) is 1. The number of para-hydroxylation sites is 2. The molecule has 1 aromatic heterocycles. The van der Waals surface area contributed by atoms with Crippen molar-refractivity contribution < 1.29 is 14.7 Å². The van der Waals surface area contributed by atoms with Crippen molar-refractivity contribution in [2.45, 2.75) is 46.3 Å². The van der Waals surface area contributed by atoms with Gasteiger partial charge in [-0.2, -0.15) is 0 Å². The van der Waals surface area contributed by atoms with Gasteiger partial charge in [0.05, 0.1) is 24.6 Å². The summed E-state index contributed by atoms with van der Waals surface area (Å²) in [5.41, 5.74) is 1.21. The molecule has 3 aromatic rings. The molecule has 1 aliphatic heterocycles. The van der Waals surface area contributed by atoms with Crippen LogP contribution in [0.3, 0.4) is 0 Å². The van der Waals surface area contributed by atoms with Gasteiger partial charge in [-0.3, -0.25) is 14.5 Å². The number of piperidine rings is 1. The van der Waals surface area contributed by atoms with Gasteiger partial charge in [-0.15, -0.1) is 0 Å². The summed E-state index contributed by atoms with van der Waals surface area (Å²) in [6, 6.07) is 16.3. The molecule has 3 unspecified atom stereocenters. The Bertz CT molecular complexity index is 1120. The summed E-state index contributed by atoms with van der Waals surface area (Å²) >= 11 is 0. The number of aromatic nitrogens is 1. The number of imide groups is 1. The number of aliphatic hydroxyl groups is 1. The van der Waals surface area contributed by atoms with Crippen LogP contribution in [0.5, 0.6) is 0 Å². The van der Waals surface area contributed by atoms with Crippen molar-refractivity contribution in [1.82, 2.24) is 9.47 Å². The first kappa shape index (κ1) is 19.3. The normalized spacial score (nSPS) is 26.7. The molecule has 2 aliphatic rings. The molecule has 2 amide bonds. The van der Waals surface area contributed by atoms with Gasteiger partial charge in [0.1, 0.15) is 0 Å². The standard InChI is InChI=1S/C25H28N2O3/c1-24(2)19-12-13-25(24,3)23(30)27(22(19)29)15-16(28)14-26-20-10-6-4-8-17(20)18-9-5-7-11-21(18)26/h4-11,16,19,28H,12-15H2,1-3H3. The van der Waals surface area contributed by atoms with Crippen LogP contribution in [0.25, 0.3) is 21.8 Å². The Morgan fingerprint density at radius 1 is 0.967 bits per heavy atom. The predicted molar refractivity (Wildman–Crippen MR) is 117 cm³/mol. The Balaban J connectivity index is 1.45. The van der Waals surface area contributed by atoms with Gasteiger partial charge in [0, 0.05) is 27.7 Å². The third-order valence-electron chi connectivity index (χ3n) is 7.97. The maximum atomic E-state index is 13.3. The molecule has 2 fully saturated rings. The van der Waals surface area contributed by atoms with Gasteiger partial charge < -0.3 is 9.67 Å². The van der Waals surface area contributed by atoms with E-state index in [1.54, 1.807) is 0 Å². The molecule has 2 heterocycles. The summed E-state index contributed by atoms with van der Waals surface area (Å²) in [6.45, 7) is 6.42. The number of rotatable bonds is 4. The maximum absolute atomic E-state index is 13.3. The van der Waals surface area contributed by atoms with Crippen LogP contribution in [0.1, 0.15) is 33.6 Å². The third kappa shape index (κ3) is 2.45. The Morgan fingerprint density at radius 2 is 1.53 bits per heavy atom. The monoisotopic (exact) mass is 404 g/mol. The highest BCUT2D eigenvalue weighted by molar-refractivity contribution is 6.08. The SMILES string of the molecule is CC12CCC(C(=O)N(CC(O)Cn3c4ccccc4c4ccccc43)C1=O)C2(C)C. The first-order valence-corrected chi connectivity index (χ1v) is 10.8. The molecule has 2 bridgehead atoms. The van der Waals surface area contributed by atoms with Crippen molar-refractivity contribution in [3.63, 3.8) is 0 Å². The molecule has 0 spiro atoms. The van der Waals surface area contributed by atoms with E-state index in [1.165, 1.54) is 4.90 Å². The van der Waals surface area contributed by atoms with Crippen molar-refractivity contribution in [2.75, 3.05) is 6.54 Å². The van der Waals surface area contributed by atoms with Gasteiger partial charge in [-0.1, -0.05) is 57.2 Å². The lowest BCUT2D eigenvalue weighted by molar-refractivity contribution is -0.169. The number of β-amino-alcohol motifs (C(OH)–C–C–N with tert-alkyl or cyclic N) is 1. The summed E-state index contributed by atoms with van der Waals surface area (Å²) in [5, 5.41) is 13.2. The number of likely N-dealkylation sites (tertiary alicyclic amines) is 1. The van der Waals surface area contributed by atoms with Crippen molar-refractivity contribution in [3.05, 3.63) is 48.5 Å². The van der Waals surface area contributed by atoms with Crippen LogP contribution in [0, 0.1) is 16.7 Å². The quantitative estimate of drug-likeness (QED) is 0.670. The van der Waals surface area contributed by atoms with Gasteiger partial charge in [-0.25, -0.2) is 0 Å². The number of aliphatic hydroxyl groups excluding tert-OH is 1. The van der Waals surface area contributed by atoms with Gasteiger partial charge in [0.25, 0.3) is 0 Å². The average Bonchev–Trinajstić information content (AvgIpc) is 3.14. The van der Waals surface area contributed by atoms with Crippen molar-refractivity contribution in [1.29, 1.82) is 0 Å². The highest BCUT2D eigenvalue weighted by Crippen LogP contribution is 2.60. The lowest BCUT2D eigenvalue weighted by atomic mass is 9.62. The van der Waals surface area contributed by atoms with E-state index in [4.69, 9.17) is 0 Å². The zero-order valence-electron chi connectivity index (χ0n) is 17.8. The fourth-order valence-electron chi connectivity index (χ4n) is 5.75. The zero-order valence-corrected chi connectivity index (χ0v) is 17.8. The number of amides is 2. The van der Waals surface area contributed by atoms with Crippen LogP contribution in [0.2, 0.25) is 0 Å². The van der Waals surface area contributed by atoms with Crippen LogP contribution in [-0.2, 0) is 16.1 Å². The van der Waals surface area contributed by atoms with Crippen molar-refractivity contribution in [3.8, 4) is 0 Å². The first-order valence-electron chi connectivity index (χ1n) is 10.8. The second kappa shape index (κ2) is 6.42. The molecule has 30 heavy (non-hydrogen) atoms. The smallest absolute Gasteiger partial charge is 0.235 e. The molecule has 156 valence electrons. The Hall–Kier alpha value is -2.66. The fraction of sp³-hybridized carbons (Fsp3) is 0.440. The van der Waals surface area contributed by atoms with Gasteiger partial charge >= 0.3 is 0 Å². The van der Waals surface area contributed by atoms with Gasteiger partial charge in [-0.05, 0) is 30.4 Å². The second-order valence-electron chi connectivity index (χ2n) is 9.70. The first-order chi connectivity index (χ1) is 14.3. The largest absolute Gasteiger partial charge is 0.389 e. The van der Waals surface area contributed by atoms with E-state index in [9.17, 15) is 14.7 Å². The topological polar surface area (TPSA) is 62.5 Å². The van der Waals surface area contributed by atoms with E-state index in [-0.39, 0.29) is 29.7 Å². The summed E-state index contributed by atoms with van der Waals surface area (Å²) in [6.07, 6.45) is 0.642. The van der Waals surface area contributed by atoms with Crippen molar-refractivity contribution in [2.24, 2.45) is 16.7 Å². The molecule has 2 aromatic carbocycles.